The van der Waals surface area contributed by atoms with E-state index in [0.29, 0.717) is 11.8 Å². The van der Waals surface area contributed by atoms with Gasteiger partial charge in [0.1, 0.15) is 5.82 Å². The molecule has 2 aliphatic rings. The molecule has 0 radical (unpaired) electrons. The highest BCUT2D eigenvalue weighted by molar-refractivity contribution is 6.32. The number of fused-ring (bicyclic) bond motifs is 2. The molecule has 0 saturated carbocycles. The van der Waals surface area contributed by atoms with E-state index in [4.69, 9.17) is 23.2 Å². The zero-order chi connectivity index (χ0) is 19.8. The molecule has 1 fully saturated rings. The van der Waals surface area contributed by atoms with Gasteiger partial charge in [-0.15, -0.1) is 0 Å². The van der Waals surface area contributed by atoms with Gasteiger partial charge in [-0.1, -0.05) is 53.5 Å². The predicted molar refractivity (Wildman–Crippen MR) is 121 cm³/mol. The lowest BCUT2D eigenvalue weighted by molar-refractivity contribution is 0.366. The van der Waals surface area contributed by atoms with Gasteiger partial charge in [0.2, 0.25) is 0 Å². The van der Waals surface area contributed by atoms with Crippen molar-refractivity contribution in [3.8, 4) is 0 Å². The summed E-state index contributed by atoms with van der Waals surface area (Å²) in [6.07, 6.45) is 6.26. The van der Waals surface area contributed by atoms with Gasteiger partial charge in [-0.05, 0) is 78.1 Å². The van der Waals surface area contributed by atoms with Crippen molar-refractivity contribution in [1.29, 1.82) is 0 Å². The summed E-state index contributed by atoms with van der Waals surface area (Å²) in [7, 11) is 0. The van der Waals surface area contributed by atoms with Crippen LogP contribution in [0.25, 0.3) is 0 Å². The summed E-state index contributed by atoms with van der Waals surface area (Å²) in [6, 6.07) is 19.3. The summed E-state index contributed by atoms with van der Waals surface area (Å²) in [5, 5.41) is 1.58. The highest BCUT2D eigenvalue weighted by atomic mass is 35.5. The number of benzene rings is 2. The zero-order valence-electron chi connectivity index (χ0n) is 16.3. The minimum atomic E-state index is 0.406. The lowest BCUT2D eigenvalue weighted by atomic mass is 9.74. The maximum Gasteiger partial charge on any atom is 0.147 e. The second-order valence-electron chi connectivity index (χ2n) is 8.15. The van der Waals surface area contributed by atoms with Crippen LogP contribution < -0.4 is 4.90 Å². The van der Waals surface area contributed by atoms with Crippen molar-refractivity contribution in [1.82, 2.24) is 4.98 Å². The zero-order valence-corrected chi connectivity index (χ0v) is 17.8. The summed E-state index contributed by atoms with van der Waals surface area (Å²) in [6.45, 7) is 1.96. The van der Waals surface area contributed by atoms with Gasteiger partial charge in [0.05, 0.1) is 5.02 Å². The standard InChI is InChI=1S/C25H24Cl2N2/c26-20-10-9-18-8-7-17-4-1-2-5-21(17)24(22(18)16-20)19-11-14-29(15-12-19)25-23(27)6-3-13-28-25/h1-6,9-10,13,16,19,24H,7-8,11-12,14-15H2. The Labute approximate surface area is 182 Å². The van der Waals surface area contributed by atoms with Gasteiger partial charge in [0.15, 0.2) is 0 Å². The van der Waals surface area contributed by atoms with E-state index in [1.807, 2.05) is 24.4 Å². The average molecular weight is 423 g/mol. The van der Waals surface area contributed by atoms with Crippen LogP contribution in [0.1, 0.15) is 41.0 Å². The molecule has 1 atom stereocenters. The van der Waals surface area contributed by atoms with Crippen LogP contribution in [0.3, 0.4) is 0 Å². The molecule has 1 unspecified atom stereocenters. The van der Waals surface area contributed by atoms with Crippen LogP contribution in [0.4, 0.5) is 5.82 Å². The van der Waals surface area contributed by atoms with Crippen LogP contribution in [0.2, 0.25) is 10.0 Å². The van der Waals surface area contributed by atoms with Gasteiger partial charge in [-0.2, -0.15) is 0 Å². The molecule has 2 aromatic carbocycles. The molecule has 0 amide bonds. The first-order valence-corrected chi connectivity index (χ1v) is 11.2. The Morgan fingerprint density at radius 3 is 2.38 bits per heavy atom. The molecule has 0 bridgehead atoms. The Hall–Kier alpha value is -2.03. The molecule has 1 aromatic heterocycles. The molecule has 4 heteroatoms. The van der Waals surface area contributed by atoms with Crippen molar-refractivity contribution in [2.24, 2.45) is 5.92 Å². The second kappa shape index (κ2) is 8.01. The summed E-state index contributed by atoms with van der Waals surface area (Å²) in [5.74, 6) is 1.91. The van der Waals surface area contributed by atoms with E-state index in [0.717, 1.165) is 54.6 Å². The van der Waals surface area contributed by atoms with E-state index in [-0.39, 0.29) is 0 Å². The molecule has 2 heterocycles. The first-order valence-electron chi connectivity index (χ1n) is 10.4. The normalized spacial score (nSPS) is 19.4. The van der Waals surface area contributed by atoms with E-state index in [9.17, 15) is 0 Å². The Kier molecular flexibility index (Phi) is 5.24. The van der Waals surface area contributed by atoms with Gasteiger partial charge in [-0.25, -0.2) is 4.98 Å². The lowest BCUT2D eigenvalue weighted by Crippen LogP contribution is -2.36. The topological polar surface area (TPSA) is 16.1 Å². The van der Waals surface area contributed by atoms with Crippen molar-refractivity contribution in [2.45, 2.75) is 31.6 Å². The number of halogens is 2. The van der Waals surface area contributed by atoms with Gasteiger partial charge in [-0.3, -0.25) is 0 Å². The quantitative estimate of drug-likeness (QED) is 0.466. The van der Waals surface area contributed by atoms with Gasteiger partial charge in [0, 0.05) is 30.2 Å². The number of nitrogens with zero attached hydrogens (tertiary/aromatic N) is 2. The molecule has 148 valence electrons. The van der Waals surface area contributed by atoms with E-state index >= 15 is 0 Å². The summed E-state index contributed by atoms with van der Waals surface area (Å²) >= 11 is 12.8. The molecule has 3 aromatic rings. The van der Waals surface area contributed by atoms with Crippen molar-refractivity contribution in [3.05, 3.63) is 93.1 Å². The molecule has 0 spiro atoms. The van der Waals surface area contributed by atoms with Gasteiger partial charge >= 0.3 is 0 Å². The molecule has 1 aliphatic heterocycles. The van der Waals surface area contributed by atoms with Crippen LogP contribution in [0.15, 0.2) is 60.8 Å². The Bertz CT molecular complexity index is 1020. The van der Waals surface area contributed by atoms with Gasteiger partial charge in [0.25, 0.3) is 0 Å². The van der Waals surface area contributed by atoms with Crippen molar-refractivity contribution >= 4 is 29.0 Å². The van der Waals surface area contributed by atoms with Crippen LogP contribution in [0.5, 0.6) is 0 Å². The first-order chi connectivity index (χ1) is 14.2. The lowest BCUT2D eigenvalue weighted by Gasteiger charge is -2.38. The Balaban J connectivity index is 1.48. The van der Waals surface area contributed by atoms with Crippen molar-refractivity contribution < 1.29 is 0 Å². The molecular formula is C25H24Cl2N2. The van der Waals surface area contributed by atoms with Crippen molar-refractivity contribution in [2.75, 3.05) is 18.0 Å². The number of anilines is 1. The highest BCUT2D eigenvalue weighted by Crippen LogP contribution is 2.44. The minimum Gasteiger partial charge on any atom is -0.355 e. The van der Waals surface area contributed by atoms with Gasteiger partial charge < -0.3 is 4.90 Å². The van der Waals surface area contributed by atoms with Crippen LogP contribution in [-0.4, -0.2) is 18.1 Å². The number of pyridine rings is 1. The number of rotatable bonds is 2. The van der Waals surface area contributed by atoms with Crippen LogP contribution in [-0.2, 0) is 12.8 Å². The smallest absolute Gasteiger partial charge is 0.147 e. The fraction of sp³-hybridized carbons (Fsp3) is 0.320. The fourth-order valence-electron chi connectivity index (χ4n) is 5.15. The third-order valence-electron chi connectivity index (χ3n) is 6.55. The molecule has 1 saturated heterocycles. The van der Waals surface area contributed by atoms with E-state index in [2.05, 4.69) is 46.3 Å². The molecule has 5 rings (SSSR count). The summed E-state index contributed by atoms with van der Waals surface area (Å²) in [5.41, 5.74) is 5.85. The first kappa shape index (κ1) is 19.0. The summed E-state index contributed by atoms with van der Waals surface area (Å²) < 4.78 is 0. The molecular weight excluding hydrogens is 399 g/mol. The fourth-order valence-corrected chi connectivity index (χ4v) is 5.57. The number of piperidine rings is 1. The van der Waals surface area contributed by atoms with Crippen LogP contribution in [0, 0.1) is 5.92 Å². The van der Waals surface area contributed by atoms with E-state index in [1.165, 1.54) is 22.3 Å². The molecule has 0 N–H and O–H groups in total. The number of aromatic nitrogens is 1. The monoisotopic (exact) mass is 422 g/mol. The molecule has 1 aliphatic carbocycles. The number of hydrogen-bond donors (Lipinski definition) is 0. The molecule has 2 nitrogen and oxygen atoms in total. The molecule has 29 heavy (non-hydrogen) atoms. The van der Waals surface area contributed by atoms with Crippen LogP contribution >= 0.6 is 23.2 Å². The minimum absolute atomic E-state index is 0.406. The second-order valence-corrected chi connectivity index (χ2v) is 9.00. The largest absolute Gasteiger partial charge is 0.355 e. The van der Waals surface area contributed by atoms with E-state index < -0.39 is 0 Å². The maximum absolute atomic E-state index is 6.45. The Morgan fingerprint density at radius 2 is 1.59 bits per heavy atom. The van der Waals surface area contributed by atoms with E-state index in [1.54, 1.807) is 0 Å². The van der Waals surface area contributed by atoms with Crippen molar-refractivity contribution in [3.63, 3.8) is 0 Å². The third kappa shape index (κ3) is 3.65. The Morgan fingerprint density at radius 1 is 0.828 bits per heavy atom. The number of hydrogen-bond acceptors (Lipinski definition) is 2. The maximum atomic E-state index is 6.45. The number of aryl methyl sites for hydroxylation is 2. The highest BCUT2D eigenvalue weighted by Gasteiger charge is 2.33. The SMILES string of the molecule is Clc1ccc2c(c1)C(C1CCN(c3ncccc3Cl)CC1)c1ccccc1CC2. The summed E-state index contributed by atoms with van der Waals surface area (Å²) in [4.78, 5) is 6.85. The predicted octanol–water partition coefficient (Wildman–Crippen LogP) is 6.54. The average Bonchev–Trinajstić information content (AvgIpc) is 2.91. The third-order valence-corrected chi connectivity index (χ3v) is 7.08.